The topological polar surface area (TPSA) is 38.8 Å². The van der Waals surface area contributed by atoms with Crippen molar-refractivity contribution in [2.45, 2.75) is 25.4 Å². The van der Waals surface area contributed by atoms with Crippen LogP contribution in [0.5, 0.6) is 0 Å². The molecule has 1 aromatic carbocycles. The average Bonchev–Trinajstić information content (AvgIpc) is 3.26. The SMILES string of the molecule is COCCOCC(=O)N(Cc1ccccc1)C1CC1. The second kappa shape index (κ2) is 7.26. The molecule has 0 aliphatic heterocycles. The van der Waals surface area contributed by atoms with Crippen LogP contribution in [-0.2, 0) is 20.8 Å². The van der Waals surface area contributed by atoms with Gasteiger partial charge < -0.3 is 14.4 Å². The molecule has 0 atom stereocenters. The number of ether oxygens (including phenoxy) is 2. The summed E-state index contributed by atoms with van der Waals surface area (Å²) in [5.41, 5.74) is 1.17. The molecule has 0 saturated heterocycles. The summed E-state index contributed by atoms with van der Waals surface area (Å²) in [4.78, 5) is 14.1. The van der Waals surface area contributed by atoms with E-state index in [0.29, 0.717) is 25.8 Å². The standard InChI is InChI=1S/C15H21NO3/c1-18-9-10-19-12-15(17)16(14-7-8-14)11-13-5-3-2-4-6-13/h2-6,14H,7-12H2,1H3. The number of amides is 1. The van der Waals surface area contributed by atoms with Gasteiger partial charge in [-0.15, -0.1) is 0 Å². The van der Waals surface area contributed by atoms with E-state index in [-0.39, 0.29) is 12.5 Å². The molecule has 1 saturated carbocycles. The minimum Gasteiger partial charge on any atom is -0.382 e. The van der Waals surface area contributed by atoms with Gasteiger partial charge in [-0.05, 0) is 18.4 Å². The highest BCUT2D eigenvalue weighted by Crippen LogP contribution is 2.28. The van der Waals surface area contributed by atoms with Crippen LogP contribution in [0, 0.1) is 0 Å². The molecule has 4 nitrogen and oxygen atoms in total. The fourth-order valence-electron chi connectivity index (χ4n) is 1.97. The van der Waals surface area contributed by atoms with Gasteiger partial charge >= 0.3 is 0 Å². The van der Waals surface area contributed by atoms with E-state index in [4.69, 9.17) is 9.47 Å². The van der Waals surface area contributed by atoms with Gasteiger partial charge in [-0.2, -0.15) is 0 Å². The summed E-state index contributed by atoms with van der Waals surface area (Å²) < 4.78 is 10.2. The third-order valence-corrected chi connectivity index (χ3v) is 3.16. The fraction of sp³-hybridized carbons (Fsp3) is 0.533. The van der Waals surface area contributed by atoms with Gasteiger partial charge in [0.25, 0.3) is 0 Å². The van der Waals surface area contributed by atoms with Crippen molar-refractivity contribution in [3.05, 3.63) is 35.9 Å². The second-order valence-electron chi connectivity index (χ2n) is 4.78. The van der Waals surface area contributed by atoms with Crippen molar-refractivity contribution in [1.82, 2.24) is 4.90 Å². The quantitative estimate of drug-likeness (QED) is 0.672. The van der Waals surface area contributed by atoms with Crippen molar-refractivity contribution >= 4 is 5.91 Å². The molecule has 0 radical (unpaired) electrons. The molecule has 0 N–H and O–H groups in total. The first-order valence-corrected chi connectivity index (χ1v) is 6.71. The Hall–Kier alpha value is -1.39. The Morgan fingerprint density at radius 2 is 2.00 bits per heavy atom. The first-order valence-electron chi connectivity index (χ1n) is 6.71. The lowest BCUT2D eigenvalue weighted by Gasteiger charge is -2.22. The number of nitrogens with zero attached hydrogens (tertiary/aromatic N) is 1. The van der Waals surface area contributed by atoms with E-state index in [0.717, 1.165) is 12.8 Å². The highest BCUT2D eigenvalue weighted by Gasteiger charge is 2.32. The monoisotopic (exact) mass is 263 g/mol. The zero-order valence-electron chi connectivity index (χ0n) is 11.4. The number of carbonyl (C=O) groups excluding carboxylic acids is 1. The van der Waals surface area contributed by atoms with Crippen molar-refractivity contribution < 1.29 is 14.3 Å². The Morgan fingerprint density at radius 1 is 1.26 bits per heavy atom. The van der Waals surface area contributed by atoms with E-state index in [1.165, 1.54) is 5.56 Å². The van der Waals surface area contributed by atoms with Crippen LogP contribution in [0.3, 0.4) is 0 Å². The lowest BCUT2D eigenvalue weighted by atomic mass is 10.2. The van der Waals surface area contributed by atoms with Gasteiger partial charge in [0.1, 0.15) is 6.61 Å². The molecule has 1 aliphatic carbocycles. The molecule has 1 amide bonds. The Bertz CT molecular complexity index is 390. The van der Waals surface area contributed by atoms with Gasteiger partial charge in [-0.1, -0.05) is 30.3 Å². The largest absolute Gasteiger partial charge is 0.382 e. The molecule has 1 fully saturated rings. The predicted molar refractivity (Wildman–Crippen MR) is 72.7 cm³/mol. The normalized spacial score (nSPS) is 14.4. The summed E-state index contributed by atoms with van der Waals surface area (Å²) in [6.45, 7) is 1.81. The number of rotatable bonds is 8. The number of methoxy groups -OCH3 is 1. The smallest absolute Gasteiger partial charge is 0.249 e. The van der Waals surface area contributed by atoms with Crippen LogP contribution in [-0.4, -0.2) is 43.8 Å². The first-order chi connectivity index (χ1) is 9.31. The molecule has 0 heterocycles. The Balaban J connectivity index is 1.83. The predicted octanol–water partition coefficient (Wildman–Crippen LogP) is 1.84. The number of hydrogen-bond donors (Lipinski definition) is 0. The van der Waals surface area contributed by atoms with Gasteiger partial charge in [-0.25, -0.2) is 0 Å². The molecule has 104 valence electrons. The molecule has 19 heavy (non-hydrogen) atoms. The van der Waals surface area contributed by atoms with Crippen LogP contribution >= 0.6 is 0 Å². The Morgan fingerprint density at radius 3 is 2.63 bits per heavy atom. The lowest BCUT2D eigenvalue weighted by molar-refractivity contribution is -0.137. The van der Waals surface area contributed by atoms with Crippen molar-refractivity contribution in [2.24, 2.45) is 0 Å². The number of benzene rings is 1. The van der Waals surface area contributed by atoms with Crippen molar-refractivity contribution in [3.8, 4) is 0 Å². The molecular formula is C15H21NO3. The van der Waals surface area contributed by atoms with E-state index < -0.39 is 0 Å². The summed E-state index contributed by atoms with van der Waals surface area (Å²) in [6.07, 6.45) is 2.22. The van der Waals surface area contributed by atoms with Crippen LogP contribution in [0.15, 0.2) is 30.3 Å². The van der Waals surface area contributed by atoms with Crippen LogP contribution < -0.4 is 0 Å². The second-order valence-corrected chi connectivity index (χ2v) is 4.78. The summed E-state index contributed by atoms with van der Waals surface area (Å²) >= 11 is 0. The number of hydrogen-bond acceptors (Lipinski definition) is 3. The molecule has 0 unspecified atom stereocenters. The summed E-state index contributed by atoms with van der Waals surface area (Å²) in [6, 6.07) is 10.5. The molecule has 1 aliphatic rings. The molecule has 0 bridgehead atoms. The maximum absolute atomic E-state index is 12.2. The molecular weight excluding hydrogens is 242 g/mol. The summed E-state index contributed by atoms with van der Waals surface area (Å²) in [5, 5.41) is 0. The van der Waals surface area contributed by atoms with Crippen LogP contribution in [0.4, 0.5) is 0 Å². The number of carbonyl (C=O) groups is 1. The van der Waals surface area contributed by atoms with Crippen LogP contribution in [0.2, 0.25) is 0 Å². The molecule has 4 heteroatoms. The van der Waals surface area contributed by atoms with E-state index >= 15 is 0 Å². The zero-order chi connectivity index (χ0) is 13.5. The van der Waals surface area contributed by atoms with E-state index in [2.05, 4.69) is 12.1 Å². The summed E-state index contributed by atoms with van der Waals surface area (Å²) in [5.74, 6) is 0.0717. The maximum atomic E-state index is 12.2. The van der Waals surface area contributed by atoms with Gasteiger partial charge in [0.05, 0.1) is 13.2 Å². The lowest BCUT2D eigenvalue weighted by Crippen LogP contribution is -2.35. The van der Waals surface area contributed by atoms with Gasteiger partial charge in [0, 0.05) is 19.7 Å². The fourth-order valence-corrected chi connectivity index (χ4v) is 1.97. The summed E-state index contributed by atoms with van der Waals surface area (Å²) in [7, 11) is 1.62. The Kier molecular flexibility index (Phi) is 5.36. The molecule has 1 aromatic rings. The van der Waals surface area contributed by atoms with Crippen LogP contribution in [0.25, 0.3) is 0 Å². The van der Waals surface area contributed by atoms with Crippen molar-refractivity contribution in [2.75, 3.05) is 26.9 Å². The first kappa shape index (κ1) is 14.0. The average molecular weight is 263 g/mol. The van der Waals surface area contributed by atoms with Crippen LogP contribution in [0.1, 0.15) is 18.4 Å². The third-order valence-electron chi connectivity index (χ3n) is 3.16. The minimum atomic E-state index is 0.0717. The van der Waals surface area contributed by atoms with Crippen molar-refractivity contribution in [3.63, 3.8) is 0 Å². The molecule has 2 rings (SSSR count). The molecule has 0 aromatic heterocycles. The van der Waals surface area contributed by atoms with Gasteiger partial charge in [0.2, 0.25) is 5.91 Å². The van der Waals surface area contributed by atoms with Gasteiger partial charge in [0.15, 0.2) is 0 Å². The van der Waals surface area contributed by atoms with E-state index in [9.17, 15) is 4.79 Å². The van der Waals surface area contributed by atoms with E-state index in [1.807, 2.05) is 23.1 Å². The highest BCUT2D eigenvalue weighted by atomic mass is 16.5. The van der Waals surface area contributed by atoms with Gasteiger partial charge in [-0.3, -0.25) is 4.79 Å². The molecule has 0 spiro atoms. The zero-order valence-corrected chi connectivity index (χ0v) is 11.4. The highest BCUT2D eigenvalue weighted by molar-refractivity contribution is 5.78. The van der Waals surface area contributed by atoms with Crippen molar-refractivity contribution in [1.29, 1.82) is 0 Å². The minimum absolute atomic E-state index is 0.0717. The van der Waals surface area contributed by atoms with E-state index in [1.54, 1.807) is 7.11 Å². The Labute approximate surface area is 114 Å². The third kappa shape index (κ3) is 4.65. The maximum Gasteiger partial charge on any atom is 0.249 e.